The highest BCUT2D eigenvalue weighted by molar-refractivity contribution is 7.33. The van der Waals surface area contributed by atoms with Crippen LogP contribution in [0.3, 0.4) is 0 Å². The molecule has 0 saturated carbocycles. The van der Waals surface area contributed by atoms with Gasteiger partial charge in [0, 0.05) is 12.6 Å². The normalized spacial score (nSPS) is 26.5. The molecule has 26 heavy (non-hydrogen) atoms. The molecule has 140 valence electrons. The number of para-hydroxylation sites is 1. The maximum absolute atomic E-state index is 14.7. The average molecular weight is 387 g/mol. The van der Waals surface area contributed by atoms with E-state index in [0.29, 0.717) is 0 Å². The fraction of sp³-hybridized carbons (Fsp3) is 0.333. The lowest BCUT2D eigenvalue weighted by atomic mass is 10.2. The summed E-state index contributed by atoms with van der Waals surface area (Å²) in [6, 6.07) is 9.42. The number of rotatable bonds is 6. The van der Waals surface area contributed by atoms with Gasteiger partial charge < -0.3 is 15.0 Å². The van der Waals surface area contributed by atoms with Crippen LogP contribution in [0.1, 0.15) is 12.6 Å². The van der Waals surface area contributed by atoms with Crippen LogP contribution < -0.4 is 15.9 Å². The number of hydrogen-bond donors (Lipinski definition) is 1. The summed E-state index contributed by atoms with van der Waals surface area (Å²) < 4.78 is 56.3. The Labute approximate surface area is 147 Å². The number of nitrogen functional groups attached to an aromatic ring is 1. The third-order valence-corrected chi connectivity index (χ3v) is 4.48. The number of aromatic nitrogens is 2. The summed E-state index contributed by atoms with van der Waals surface area (Å²) in [4.78, 5) is 15.2. The third-order valence-electron chi connectivity index (χ3n) is 3.70. The molecule has 1 saturated heterocycles. The number of alkyl halides is 2. The molecule has 0 aliphatic carbocycles. The monoisotopic (exact) mass is 387 g/mol. The summed E-state index contributed by atoms with van der Waals surface area (Å²) in [6.45, 7) is -0.952. The molecule has 0 spiro atoms. The molecule has 0 bridgehead atoms. The minimum Gasteiger partial charge on any atom is -0.426 e. The van der Waals surface area contributed by atoms with Crippen LogP contribution in [0.5, 0.6) is 5.75 Å². The first kappa shape index (κ1) is 18.5. The van der Waals surface area contributed by atoms with Crippen LogP contribution in [-0.4, -0.2) is 28.2 Å². The maximum Gasteiger partial charge on any atom is 0.368 e. The minimum absolute atomic E-state index is 0.0208. The second-order valence-corrected chi connectivity index (χ2v) is 6.55. The number of nitrogens with zero attached hydrogens (tertiary/aromatic N) is 2. The van der Waals surface area contributed by atoms with E-state index in [1.807, 2.05) is 0 Å². The molecular weight excluding hydrogens is 371 g/mol. The molecule has 1 aromatic heterocycles. The Hall–Kier alpha value is -2.29. The van der Waals surface area contributed by atoms with Crippen molar-refractivity contribution in [3.8, 4) is 5.75 Å². The highest BCUT2D eigenvalue weighted by atomic mass is 31.1. The van der Waals surface area contributed by atoms with Crippen LogP contribution in [0.15, 0.2) is 47.4 Å². The number of hydrogen-bond acceptors (Lipinski definition) is 7. The van der Waals surface area contributed by atoms with E-state index in [1.165, 1.54) is 24.4 Å². The third kappa shape index (κ3) is 4.09. The second kappa shape index (κ2) is 7.53. The summed E-state index contributed by atoms with van der Waals surface area (Å²) in [5.41, 5.74) is 4.57. The predicted octanol–water partition coefficient (Wildman–Crippen LogP) is 2.23. The second-order valence-electron chi connectivity index (χ2n) is 5.56. The lowest BCUT2D eigenvalue weighted by Gasteiger charge is -2.22. The lowest BCUT2D eigenvalue weighted by molar-refractivity contribution is -0.191. The first-order chi connectivity index (χ1) is 12.4. The van der Waals surface area contributed by atoms with E-state index in [1.54, 1.807) is 18.2 Å². The molecule has 0 amide bonds. The van der Waals surface area contributed by atoms with Gasteiger partial charge in [0.05, 0.1) is 0 Å². The fourth-order valence-electron chi connectivity index (χ4n) is 2.41. The van der Waals surface area contributed by atoms with Gasteiger partial charge in [-0.05, 0) is 18.2 Å². The van der Waals surface area contributed by atoms with Crippen molar-refractivity contribution in [1.82, 2.24) is 9.55 Å². The van der Waals surface area contributed by atoms with Crippen molar-refractivity contribution in [2.75, 3.05) is 12.3 Å². The zero-order valence-corrected chi connectivity index (χ0v) is 14.4. The number of anilines is 1. The molecule has 2 aromatic rings. The first-order valence-corrected chi connectivity index (χ1v) is 8.85. The Kier molecular flexibility index (Phi) is 5.36. The van der Waals surface area contributed by atoms with E-state index in [0.717, 1.165) is 4.57 Å². The summed E-state index contributed by atoms with van der Waals surface area (Å²) in [7, 11) is -3.12. The summed E-state index contributed by atoms with van der Waals surface area (Å²) in [5.74, 6) is -2.62. The molecule has 1 aliphatic heterocycles. The smallest absolute Gasteiger partial charge is 0.368 e. The van der Waals surface area contributed by atoms with E-state index >= 15 is 0 Å². The van der Waals surface area contributed by atoms with Gasteiger partial charge in [0.15, 0.2) is 6.17 Å². The largest absolute Gasteiger partial charge is 0.426 e. The molecule has 0 radical (unpaired) electrons. The van der Waals surface area contributed by atoms with Crippen LogP contribution >= 0.6 is 8.25 Å². The topological polar surface area (TPSA) is 106 Å². The Morgan fingerprint density at radius 3 is 2.81 bits per heavy atom. The van der Waals surface area contributed by atoms with Gasteiger partial charge in [0.2, 0.25) is 0 Å². The quantitative estimate of drug-likeness (QED) is 0.758. The van der Waals surface area contributed by atoms with Gasteiger partial charge in [0.25, 0.3) is 5.85 Å². The molecule has 1 aromatic carbocycles. The number of ether oxygens (including phenoxy) is 1. The molecule has 1 unspecified atom stereocenters. The van der Waals surface area contributed by atoms with Crippen molar-refractivity contribution in [3.63, 3.8) is 0 Å². The molecule has 2 heterocycles. The Bertz CT molecular complexity index is 853. The van der Waals surface area contributed by atoms with E-state index < -0.39 is 45.2 Å². The van der Waals surface area contributed by atoms with Crippen LogP contribution in [-0.2, 0) is 13.8 Å². The Morgan fingerprint density at radius 2 is 2.12 bits per heavy atom. The average Bonchev–Trinajstić information content (AvgIpc) is 2.89. The van der Waals surface area contributed by atoms with Crippen LogP contribution in [0.2, 0.25) is 0 Å². The highest BCUT2D eigenvalue weighted by Crippen LogP contribution is 2.41. The van der Waals surface area contributed by atoms with Gasteiger partial charge in [0.1, 0.15) is 24.4 Å². The summed E-state index contributed by atoms with van der Waals surface area (Å²) in [5, 5.41) is 0. The fourth-order valence-corrected chi connectivity index (χ4v) is 3.11. The van der Waals surface area contributed by atoms with Gasteiger partial charge in [-0.15, -0.1) is 0 Å². The van der Waals surface area contributed by atoms with Crippen molar-refractivity contribution in [2.24, 2.45) is 0 Å². The van der Waals surface area contributed by atoms with E-state index in [9.17, 15) is 18.1 Å². The minimum atomic E-state index is -3.12. The zero-order chi connectivity index (χ0) is 18.7. The SMILES string of the molecule is Nc1ccn([C@H]2C[C@H](F)[C@@](F)(CO[PH](=O)Oc3ccccc3)O2)c(=O)n1. The van der Waals surface area contributed by atoms with Crippen molar-refractivity contribution >= 4 is 14.1 Å². The van der Waals surface area contributed by atoms with Gasteiger partial charge in [-0.3, -0.25) is 9.09 Å². The molecular formula is C15H16F2N3O5P. The summed E-state index contributed by atoms with van der Waals surface area (Å²) >= 11 is 0. The van der Waals surface area contributed by atoms with E-state index in [-0.39, 0.29) is 11.6 Å². The number of nitrogens with two attached hydrogens (primary N) is 1. The van der Waals surface area contributed by atoms with Gasteiger partial charge >= 0.3 is 13.9 Å². The predicted molar refractivity (Wildman–Crippen MR) is 88.4 cm³/mol. The van der Waals surface area contributed by atoms with Crippen molar-refractivity contribution in [2.45, 2.75) is 24.7 Å². The van der Waals surface area contributed by atoms with Gasteiger partial charge in [-0.2, -0.15) is 4.98 Å². The molecule has 11 heteroatoms. The zero-order valence-electron chi connectivity index (χ0n) is 13.4. The molecule has 4 atom stereocenters. The molecule has 1 aliphatic rings. The van der Waals surface area contributed by atoms with Gasteiger partial charge in [-0.1, -0.05) is 18.2 Å². The van der Waals surface area contributed by atoms with Gasteiger partial charge in [-0.25, -0.2) is 18.1 Å². The first-order valence-electron chi connectivity index (χ1n) is 7.62. The molecule has 8 nitrogen and oxygen atoms in total. The van der Waals surface area contributed by atoms with Crippen LogP contribution in [0.4, 0.5) is 14.6 Å². The molecule has 3 rings (SSSR count). The standard InChI is InChI=1S/C15H16F2N3O5P/c16-11-8-13(20-7-6-12(18)19-14(20)21)24-15(11,17)9-23-26(22)25-10-4-2-1-3-5-10/h1-7,11,13,26H,8-9H2,(H2,18,19,21)/t11-,13+,15+/m0/s1. The highest BCUT2D eigenvalue weighted by Gasteiger charge is 2.52. The Balaban J connectivity index is 1.62. The van der Waals surface area contributed by atoms with Crippen molar-refractivity contribution < 1.29 is 27.1 Å². The lowest BCUT2D eigenvalue weighted by Crippen LogP contribution is -2.37. The van der Waals surface area contributed by atoms with E-state index in [4.69, 9.17) is 19.5 Å². The number of halogens is 2. The molecule has 2 N–H and O–H groups in total. The van der Waals surface area contributed by atoms with Crippen LogP contribution in [0.25, 0.3) is 0 Å². The molecule has 1 fully saturated rings. The van der Waals surface area contributed by atoms with Crippen molar-refractivity contribution in [1.29, 1.82) is 0 Å². The Morgan fingerprint density at radius 1 is 1.38 bits per heavy atom. The van der Waals surface area contributed by atoms with E-state index in [2.05, 4.69) is 4.98 Å². The van der Waals surface area contributed by atoms with Crippen molar-refractivity contribution in [3.05, 3.63) is 53.1 Å². The van der Waals surface area contributed by atoms with Crippen LogP contribution in [0, 0.1) is 0 Å². The summed E-state index contributed by atoms with van der Waals surface area (Å²) in [6.07, 6.45) is -2.53. The maximum atomic E-state index is 14.7. The number of benzene rings is 1.